The number of anilines is 1. The number of nitrogens with one attached hydrogen (secondary N) is 1. The third-order valence-corrected chi connectivity index (χ3v) is 9.67. The second kappa shape index (κ2) is 10.5. The first-order valence-electron chi connectivity index (χ1n) is 12.8. The summed E-state index contributed by atoms with van der Waals surface area (Å²) in [7, 11) is -5.27. The molecule has 3 aromatic rings. The Morgan fingerprint density at radius 3 is 2.47 bits per heavy atom. The molecule has 0 unspecified atom stereocenters. The third-order valence-electron chi connectivity index (χ3n) is 6.62. The van der Waals surface area contributed by atoms with Gasteiger partial charge in [-0.05, 0) is 56.5 Å². The maximum absolute atomic E-state index is 13.4. The van der Waals surface area contributed by atoms with Crippen LogP contribution in [0.2, 0.25) is 25.7 Å². The summed E-state index contributed by atoms with van der Waals surface area (Å²) in [4.78, 5) is 20.3. The van der Waals surface area contributed by atoms with Gasteiger partial charge in [0.1, 0.15) is 5.82 Å². The van der Waals surface area contributed by atoms with Crippen LogP contribution in [0.1, 0.15) is 37.6 Å². The first-order valence-corrected chi connectivity index (χ1v) is 18.0. The van der Waals surface area contributed by atoms with Crippen LogP contribution in [-0.4, -0.2) is 55.9 Å². The quantitative estimate of drug-likeness (QED) is 0.381. The van der Waals surface area contributed by atoms with E-state index < -0.39 is 24.0 Å². The van der Waals surface area contributed by atoms with Gasteiger partial charge in [-0.1, -0.05) is 44.8 Å². The number of ether oxygens (including phenoxy) is 1. The van der Waals surface area contributed by atoms with Crippen molar-refractivity contribution in [2.45, 2.75) is 63.3 Å². The number of pyridine rings is 1. The van der Waals surface area contributed by atoms with Crippen LogP contribution >= 0.6 is 0 Å². The Balaban J connectivity index is 1.66. The summed E-state index contributed by atoms with van der Waals surface area (Å²) in [6, 6.07) is 13.9. The molecule has 1 atom stereocenters. The van der Waals surface area contributed by atoms with Crippen LogP contribution in [0.15, 0.2) is 59.6 Å². The van der Waals surface area contributed by atoms with E-state index in [1.54, 1.807) is 47.3 Å². The van der Waals surface area contributed by atoms with Gasteiger partial charge in [0.15, 0.2) is 5.82 Å². The lowest BCUT2D eigenvalue weighted by Gasteiger charge is -2.34. The summed E-state index contributed by atoms with van der Waals surface area (Å²) in [5.41, 5.74) is -0.0812. The summed E-state index contributed by atoms with van der Waals surface area (Å²) in [6.07, 6.45) is 2.69. The lowest BCUT2D eigenvalue weighted by Crippen LogP contribution is -2.41. The van der Waals surface area contributed by atoms with Crippen LogP contribution in [0.3, 0.4) is 0 Å². The number of hydrogen-bond donors (Lipinski definition) is 1. The zero-order valence-corrected chi connectivity index (χ0v) is 24.7. The highest BCUT2D eigenvalue weighted by Gasteiger charge is 2.39. The van der Waals surface area contributed by atoms with Crippen molar-refractivity contribution in [3.05, 3.63) is 60.3 Å². The molecule has 204 valence electrons. The fourth-order valence-corrected chi connectivity index (χ4v) is 6.42. The molecule has 1 aliphatic rings. The summed E-state index contributed by atoms with van der Waals surface area (Å²) >= 11 is 0. The Labute approximate surface area is 226 Å². The van der Waals surface area contributed by atoms with E-state index in [4.69, 9.17) is 9.72 Å². The predicted octanol–water partition coefficient (Wildman–Crippen LogP) is 4.73. The number of hydrogen-bond acceptors (Lipinski definition) is 7. The molecule has 1 fully saturated rings. The van der Waals surface area contributed by atoms with Gasteiger partial charge in [0.05, 0.1) is 17.1 Å². The minimum Gasteiger partial charge on any atom is -0.477 e. The molecule has 1 saturated heterocycles. The lowest BCUT2D eigenvalue weighted by atomic mass is 9.97. The number of amides is 1. The highest BCUT2D eigenvalue weighted by atomic mass is 32.2. The average molecular weight is 556 g/mol. The zero-order valence-electron chi connectivity index (χ0n) is 22.9. The van der Waals surface area contributed by atoms with Gasteiger partial charge >= 0.3 is 0 Å². The molecule has 1 amide bonds. The van der Waals surface area contributed by atoms with E-state index >= 15 is 0 Å². The molecule has 9 nitrogen and oxygen atoms in total. The molecule has 2 aromatic heterocycles. The van der Waals surface area contributed by atoms with Gasteiger partial charge in [0.25, 0.3) is 15.9 Å². The SMILES string of the molecule is C[C@@H]1CN(c2nc(-n3ccc(OCC[Si](C)(C)C)n3)ccc2C(=O)NS(=O)(=O)c2ccccc2)C(C)(C)C1. The minimum absolute atomic E-state index is 0.0211. The molecule has 11 heteroatoms. The molecule has 1 aliphatic heterocycles. The van der Waals surface area contributed by atoms with E-state index in [-0.39, 0.29) is 16.0 Å². The monoisotopic (exact) mass is 555 g/mol. The van der Waals surface area contributed by atoms with Crippen molar-refractivity contribution in [2.24, 2.45) is 5.92 Å². The summed E-state index contributed by atoms with van der Waals surface area (Å²) in [5, 5.41) is 4.53. The van der Waals surface area contributed by atoms with E-state index in [0.717, 1.165) is 12.5 Å². The fourth-order valence-electron chi connectivity index (χ4n) is 4.72. The molecule has 38 heavy (non-hydrogen) atoms. The number of aromatic nitrogens is 3. The van der Waals surface area contributed by atoms with Crippen molar-refractivity contribution in [3.63, 3.8) is 0 Å². The average Bonchev–Trinajstić information content (AvgIpc) is 3.41. The first kappa shape index (κ1) is 27.8. The van der Waals surface area contributed by atoms with E-state index in [9.17, 15) is 13.2 Å². The maximum Gasteiger partial charge on any atom is 0.268 e. The van der Waals surface area contributed by atoms with Crippen LogP contribution in [-0.2, 0) is 10.0 Å². The topological polar surface area (TPSA) is 106 Å². The van der Waals surface area contributed by atoms with Crippen molar-refractivity contribution >= 4 is 29.8 Å². The Hall–Kier alpha value is -3.18. The fraction of sp³-hybridized carbons (Fsp3) is 0.444. The van der Waals surface area contributed by atoms with E-state index in [0.29, 0.717) is 36.6 Å². The number of benzene rings is 1. The van der Waals surface area contributed by atoms with Crippen LogP contribution in [0, 0.1) is 5.92 Å². The summed E-state index contributed by atoms with van der Waals surface area (Å²) < 4.78 is 35.4. The highest BCUT2D eigenvalue weighted by molar-refractivity contribution is 7.90. The maximum atomic E-state index is 13.4. The molecule has 0 bridgehead atoms. The van der Waals surface area contributed by atoms with Gasteiger partial charge in [0, 0.05) is 32.4 Å². The van der Waals surface area contributed by atoms with Crippen molar-refractivity contribution in [1.82, 2.24) is 19.5 Å². The standard InChI is InChI=1S/C27H37N5O4SSi/c1-20-18-27(2,3)31(19-20)25-22(26(33)30-37(34,35)21-10-8-7-9-11-21)12-13-23(28-25)32-15-14-24(29-32)36-16-17-38(4,5)6/h7-15,20H,16-19H2,1-6H3,(H,30,33)/t20-/m0/s1. The van der Waals surface area contributed by atoms with Crippen molar-refractivity contribution in [2.75, 3.05) is 18.1 Å². The van der Waals surface area contributed by atoms with E-state index in [2.05, 4.69) is 55.1 Å². The zero-order chi connectivity index (χ0) is 27.7. The molecule has 0 aliphatic carbocycles. The number of carbonyl (C=O) groups is 1. The van der Waals surface area contributed by atoms with Gasteiger partial charge in [0.2, 0.25) is 5.88 Å². The largest absolute Gasteiger partial charge is 0.477 e. The molecule has 0 spiro atoms. The van der Waals surface area contributed by atoms with Crippen LogP contribution in [0.5, 0.6) is 5.88 Å². The van der Waals surface area contributed by atoms with Gasteiger partial charge in [-0.15, -0.1) is 5.10 Å². The Morgan fingerprint density at radius 1 is 1.13 bits per heavy atom. The number of nitrogens with zero attached hydrogens (tertiary/aromatic N) is 4. The van der Waals surface area contributed by atoms with Gasteiger partial charge in [-0.2, -0.15) is 0 Å². The van der Waals surface area contributed by atoms with Crippen LogP contribution in [0.4, 0.5) is 5.82 Å². The van der Waals surface area contributed by atoms with E-state index in [1.807, 2.05) is 0 Å². The van der Waals surface area contributed by atoms with Crippen LogP contribution < -0.4 is 14.4 Å². The Morgan fingerprint density at radius 2 is 1.84 bits per heavy atom. The summed E-state index contributed by atoms with van der Waals surface area (Å²) in [5.74, 6) is 1.11. The molecular weight excluding hydrogens is 518 g/mol. The first-order chi connectivity index (χ1) is 17.7. The van der Waals surface area contributed by atoms with Gasteiger partial charge in [-0.3, -0.25) is 4.79 Å². The Kier molecular flexibility index (Phi) is 7.71. The minimum atomic E-state index is -4.04. The smallest absolute Gasteiger partial charge is 0.268 e. The van der Waals surface area contributed by atoms with Gasteiger partial charge in [-0.25, -0.2) is 22.8 Å². The van der Waals surface area contributed by atoms with E-state index in [1.165, 1.54) is 12.1 Å². The van der Waals surface area contributed by atoms with Crippen molar-refractivity contribution < 1.29 is 17.9 Å². The Bertz CT molecular complexity index is 1400. The third kappa shape index (κ3) is 6.44. The van der Waals surface area contributed by atoms with Crippen LogP contribution in [0.25, 0.3) is 5.82 Å². The number of sulfonamides is 1. The molecule has 1 N–H and O–H groups in total. The lowest BCUT2D eigenvalue weighted by molar-refractivity contribution is 0.0981. The number of rotatable bonds is 9. The molecular formula is C27H37N5O4SSi. The molecule has 4 rings (SSSR count). The molecule has 0 radical (unpaired) electrons. The molecule has 1 aromatic carbocycles. The van der Waals surface area contributed by atoms with Crippen molar-refractivity contribution in [3.8, 4) is 11.7 Å². The van der Waals surface area contributed by atoms with Crippen molar-refractivity contribution in [1.29, 1.82) is 0 Å². The normalized spacial score (nSPS) is 17.4. The highest BCUT2D eigenvalue weighted by Crippen LogP contribution is 2.37. The second-order valence-electron chi connectivity index (χ2n) is 11.8. The predicted molar refractivity (Wildman–Crippen MR) is 151 cm³/mol. The molecule has 0 saturated carbocycles. The summed E-state index contributed by atoms with van der Waals surface area (Å²) in [6.45, 7) is 14.6. The number of carbonyl (C=O) groups excluding carboxylic acids is 1. The second-order valence-corrected chi connectivity index (χ2v) is 19.1. The molecule has 3 heterocycles. The van der Waals surface area contributed by atoms with Gasteiger partial charge < -0.3 is 9.64 Å².